The van der Waals surface area contributed by atoms with Crippen LogP contribution in [0.5, 0.6) is 0 Å². The van der Waals surface area contributed by atoms with Crippen LogP contribution in [0.2, 0.25) is 0 Å². The highest BCUT2D eigenvalue weighted by atomic mass is 16.5. The molecule has 2 aromatic rings. The number of rotatable bonds is 0. The van der Waals surface area contributed by atoms with Crippen molar-refractivity contribution in [2.24, 2.45) is 0 Å². The fourth-order valence-electron chi connectivity index (χ4n) is 0.621. The van der Waals surface area contributed by atoms with Crippen molar-refractivity contribution in [1.82, 2.24) is 15.1 Å². The summed E-state index contributed by atoms with van der Waals surface area (Å²) in [4.78, 5) is 7.80. The molecule has 0 amide bonds. The second-order valence-electron chi connectivity index (χ2n) is 1.58. The lowest BCUT2D eigenvalue weighted by Gasteiger charge is -1.77. The summed E-state index contributed by atoms with van der Waals surface area (Å²) in [5, 5.41) is 3.57. The van der Waals surface area contributed by atoms with Crippen LogP contribution in [-0.2, 0) is 0 Å². The van der Waals surface area contributed by atoms with Crippen LogP contribution in [-0.4, -0.2) is 15.1 Å². The van der Waals surface area contributed by atoms with Crippen LogP contribution in [0.1, 0.15) is 0 Å². The topological polar surface area (TPSA) is 51.8 Å². The smallest absolute Gasteiger partial charge is 0.221 e. The van der Waals surface area contributed by atoms with Crippen molar-refractivity contribution < 1.29 is 4.52 Å². The Hall–Kier alpha value is -1.45. The van der Waals surface area contributed by atoms with Crippen molar-refractivity contribution >= 4 is 11.2 Å². The first-order chi connectivity index (χ1) is 4.47. The normalized spacial score (nSPS) is 10.2. The predicted octanol–water partition coefficient (Wildman–Crippen LogP) is 0.618. The van der Waals surface area contributed by atoms with Gasteiger partial charge in [-0.2, -0.15) is 0 Å². The molecule has 0 unspecified atom stereocenters. The largest absolute Gasteiger partial charge is 0.360 e. The van der Waals surface area contributed by atoms with E-state index in [0.717, 1.165) is 0 Å². The highest BCUT2D eigenvalue weighted by molar-refractivity contribution is 5.66. The molecule has 4 nitrogen and oxygen atoms in total. The molecule has 2 aromatic heterocycles. The molecule has 4 heteroatoms. The Bertz CT molecular complexity index is 286. The standard InChI is InChI=1S/C5H3N3O/c1-2-7-5-4(6-1)3-9-8-5/h1-3H. The maximum Gasteiger partial charge on any atom is 0.221 e. The number of fused-ring (bicyclic) bond motifs is 1. The highest BCUT2D eigenvalue weighted by Gasteiger charge is 1.94. The molecule has 0 saturated heterocycles. The third-order valence-corrected chi connectivity index (χ3v) is 1.01. The van der Waals surface area contributed by atoms with E-state index in [0.29, 0.717) is 11.2 Å². The van der Waals surface area contributed by atoms with Gasteiger partial charge in [0.1, 0.15) is 5.52 Å². The van der Waals surface area contributed by atoms with E-state index in [1.54, 1.807) is 12.4 Å². The van der Waals surface area contributed by atoms with Gasteiger partial charge in [-0.05, 0) is 0 Å². The van der Waals surface area contributed by atoms with Crippen LogP contribution in [0.25, 0.3) is 11.2 Å². The zero-order valence-corrected chi connectivity index (χ0v) is 4.48. The number of aromatic nitrogens is 3. The molecule has 0 spiro atoms. The number of hydrogen-bond donors (Lipinski definition) is 0. The van der Waals surface area contributed by atoms with E-state index >= 15 is 0 Å². The van der Waals surface area contributed by atoms with Crippen LogP contribution in [0.4, 0.5) is 0 Å². The van der Waals surface area contributed by atoms with Gasteiger partial charge < -0.3 is 4.52 Å². The van der Waals surface area contributed by atoms with Gasteiger partial charge in [-0.1, -0.05) is 5.16 Å². The van der Waals surface area contributed by atoms with E-state index in [-0.39, 0.29) is 0 Å². The molecule has 2 heterocycles. The minimum atomic E-state index is 0.553. The van der Waals surface area contributed by atoms with Crippen molar-refractivity contribution in [2.45, 2.75) is 0 Å². The molecule has 9 heavy (non-hydrogen) atoms. The molecule has 0 fully saturated rings. The van der Waals surface area contributed by atoms with Crippen LogP contribution in [0.3, 0.4) is 0 Å². The summed E-state index contributed by atoms with van der Waals surface area (Å²) in [7, 11) is 0. The van der Waals surface area contributed by atoms with Gasteiger partial charge in [-0.3, -0.25) is 0 Å². The average Bonchev–Trinajstić information content (AvgIpc) is 2.33. The molecule has 44 valence electrons. The lowest BCUT2D eigenvalue weighted by atomic mass is 10.6. The van der Waals surface area contributed by atoms with Crippen molar-refractivity contribution in [2.75, 3.05) is 0 Å². The van der Waals surface area contributed by atoms with Crippen molar-refractivity contribution in [3.63, 3.8) is 0 Å². The molecule has 0 aromatic carbocycles. The molecule has 0 saturated carbocycles. The van der Waals surface area contributed by atoms with E-state index in [4.69, 9.17) is 0 Å². The molecular weight excluding hydrogens is 118 g/mol. The first-order valence-corrected chi connectivity index (χ1v) is 2.48. The monoisotopic (exact) mass is 121 g/mol. The first kappa shape index (κ1) is 4.43. The van der Waals surface area contributed by atoms with Crippen molar-refractivity contribution in [3.8, 4) is 0 Å². The molecule has 2 rings (SSSR count). The first-order valence-electron chi connectivity index (χ1n) is 2.48. The Balaban J connectivity index is 2.95. The maximum atomic E-state index is 4.59. The van der Waals surface area contributed by atoms with Crippen molar-refractivity contribution in [3.05, 3.63) is 18.7 Å². The quantitative estimate of drug-likeness (QED) is 0.512. The van der Waals surface area contributed by atoms with E-state index in [1.807, 2.05) is 0 Å². The summed E-state index contributed by atoms with van der Waals surface area (Å²) in [5.74, 6) is 0. The van der Waals surface area contributed by atoms with Crippen LogP contribution in [0, 0.1) is 0 Å². The predicted molar refractivity (Wildman–Crippen MR) is 29.6 cm³/mol. The Morgan fingerprint density at radius 1 is 1.22 bits per heavy atom. The summed E-state index contributed by atoms with van der Waals surface area (Å²) in [6.45, 7) is 0. The summed E-state index contributed by atoms with van der Waals surface area (Å²) < 4.78 is 4.59. The molecule has 0 radical (unpaired) electrons. The van der Waals surface area contributed by atoms with E-state index < -0.39 is 0 Å². The Morgan fingerprint density at radius 2 is 2.11 bits per heavy atom. The Labute approximate surface area is 50.5 Å². The Kier molecular flexibility index (Phi) is 0.745. The molecule has 0 N–H and O–H groups in total. The second kappa shape index (κ2) is 1.51. The van der Waals surface area contributed by atoms with Gasteiger partial charge in [0.25, 0.3) is 0 Å². The van der Waals surface area contributed by atoms with Gasteiger partial charge >= 0.3 is 0 Å². The lowest BCUT2D eigenvalue weighted by molar-refractivity contribution is 0.426. The number of nitrogens with zero attached hydrogens (tertiary/aromatic N) is 3. The molecular formula is C5H3N3O. The van der Waals surface area contributed by atoms with Crippen LogP contribution >= 0.6 is 0 Å². The molecule has 0 bridgehead atoms. The van der Waals surface area contributed by atoms with Gasteiger partial charge in [0, 0.05) is 12.4 Å². The fraction of sp³-hybridized carbons (Fsp3) is 0. The molecule has 0 aliphatic carbocycles. The van der Waals surface area contributed by atoms with Gasteiger partial charge in [0.05, 0.1) is 0 Å². The minimum absolute atomic E-state index is 0.553. The van der Waals surface area contributed by atoms with E-state index in [1.165, 1.54) is 6.26 Å². The minimum Gasteiger partial charge on any atom is -0.360 e. The summed E-state index contributed by atoms with van der Waals surface area (Å²) >= 11 is 0. The third-order valence-electron chi connectivity index (χ3n) is 1.01. The zero-order valence-electron chi connectivity index (χ0n) is 4.48. The maximum absolute atomic E-state index is 4.59. The fourth-order valence-corrected chi connectivity index (χ4v) is 0.621. The second-order valence-corrected chi connectivity index (χ2v) is 1.58. The van der Waals surface area contributed by atoms with Gasteiger partial charge in [0.2, 0.25) is 5.65 Å². The van der Waals surface area contributed by atoms with Crippen molar-refractivity contribution in [1.29, 1.82) is 0 Å². The van der Waals surface area contributed by atoms with E-state index in [2.05, 4.69) is 19.6 Å². The number of hydrogen-bond acceptors (Lipinski definition) is 4. The zero-order chi connectivity index (χ0) is 6.10. The third kappa shape index (κ3) is 0.561. The molecule has 0 aliphatic rings. The lowest BCUT2D eigenvalue weighted by Crippen LogP contribution is -1.75. The summed E-state index contributed by atoms with van der Waals surface area (Å²) in [6.07, 6.45) is 4.63. The summed E-state index contributed by atoms with van der Waals surface area (Å²) in [5.41, 5.74) is 1.25. The highest BCUT2D eigenvalue weighted by Crippen LogP contribution is 2.01. The molecule has 0 atom stereocenters. The van der Waals surface area contributed by atoms with E-state index in [9.17, 15) is 0 Å². The van der Waals surface area contributed by atoms with Gasteiger partial charge in [0.15, 0.2) is 6.26 Å². The summed E-state index contributed by atoms with van der Waals surface area (Å²) in [6, 6.07) is 0. The SMILES string of the molecule is c1cnc2nocc2n1. The molecule has 0 aliphatic heterocycles. The van der Waals surface area contributed by atoms with Gasteiger partial charge in [-0.15, -0.1) is 0 Å². The van der Waals surface area contributed by atoms with Crippen LogP contribution in [0.15, 0.2) is 23.2 Å². The Morgan fingerprint density at radius 3 is 3.00 bits per heavy atom. The van der Waals surface area contributed by atoms with Gasteiger partial charge in [-0.25, -0.2) is 9.97 Å². The van der Waals surface area contributed by atoms with Crippen LogP contribution < -0.4 is 0 Å². The average molecular weight is 121 g/mol.